The van der Waals surface area contributed by atoms with Gasteiger partial charge in [0.15, 0.2) is 12.1 Å². The van der Waals surface area contributed by atoms with Crippen molar-refractivity contribution in [1.82, 2.24) is 14.8 Å². The summed E-state index contributed by atoms with van der Waals surface area (Å²) >= 11 is 0. The predicted octanol–water partition coefficient (Wildman–Crippen LogP) is 4.92. The molecule has 4 aliphatic heterocycles. The van der Waals surface area contributed by atoms with Crippen molar-refractivity contribution in [3.63, 3.8) is 0 Å². The zero-order chi connectivity index (χ0) is 40.4. The average molecular weight is 768 g/mol. The van der Waals surface area contributed by atoms with E-state index in [1.165, 1.54) is 6.92 Å². The topological polar surface area (TPSA) is 140 Å². The van der Waals surface area contributed by atoms with Gasteiger partial charge in [-0.3, -0.25) is 19.5 Å². The monoisotopic (exact) mass is 767 g/mol. The second-order valence-corrected chi connectivity index (χ2v) is 17.2. The highest BCUT2D eigenvalue weighted by Gasteiger charge is 2.52. The predicted molar refractivity (Wildman–Crippen MR) is 210 cm³/mol. The Balaban J connectivity index is 1.66. The number of rotatable bonds is 6. The van der Waals surface area contributed by atoms with Gasteiger partial charge in [-0.1, -0.05) is 45.5 Å². The number of benzene rings is 1. The maximum Gasteiger partial charge on any atom is 0.316 e. The van der Waals surface area contributed by atoms with E-state index in [0.717, 1.165) is 16.5 Å². The Morgan fingerprint density at radius 2 is 1.80 bits per heavy atom. The van der Waals surface area contributed by atoms with Gasteiger partial charge in [0.1, 0.15) is 23.7 Å². The second-order valence-electron chi connectivity index (χ2n) is 17.2. The van der Waals surface area contributed by atoms with Crippen molar-refractivity contribution in [1.29, 1.82) is 0 Å². The lowest BCUT2D eigenvalue weighted by Crippen LogP contribution is -2.60. The van der Waals surface area contributed by atoms with Crippen LogP contribution in [-0.2, 0) is 39.8 Å². The van der Waals surface area contributed by atoms with Gasteiger partial charge in [0.25, 0.3) is 0 Å². The molecule has 5 heterocycles. The number of Topliss-reactive ketones (excluding diaryl/α,β-unsaturated/α-hetero) is 1. The number of nitrogens with zero attached hydrogens (tertiary/aromatic N) is 3. The highest BCUT2D eigenvalue weighted by molar-refractivity contribution is 6.00. The molecule has 1 aromatic heterocycles. The van der Waals surface area contributed by atoms with Gasteiger partial charge < -0.3 is 38.8 Å². The molecule has 13 atom stereocenters. The number of carbonyl (C=O) groups is 2. The van der Waals surface area contributed by atoms with Crippen LogP contribution >= 0.6 is 0 Å². The van der Waals surface area contributed by atoms with Gasteiger partial charge in [-0.2, -0.15) is 0 Å². The summed E-state index contributed by atoms with van der Waals surface area (Å²) in [5.41, 5.74) is -0.248. The number of aliphatic hydroxyl groups is 2. The fraction of sp³-hybridized carbons (Fsp3) is 0.698. The molecule has 6 rings (SSSR count). The first-order valence-electron chi connectivity index (χ1n) is 20.0. The largest absolute Gasteiger partial charge is 0.459 e. The number of para-hydroxylation sites is 1. The second kappa shape index (κ2) is 17.8. The van der Waals surface area contributed by atoms with Crippen molar-refractivity contribution >= 4 is 22.7 Å². The standard InChI is InChI=1S/C43H65N3O9/c1-12-35-43(9,50)38-26(3)21-46(22-31-18-32-15-13-14-16-33(32)44-20-31)27(4)19-42(8,52-24-25(2)23-51-38)39(29(6)36(47)30(7)40(49)54-35)55-41-37(48)34(45(10)11)17-28(5)53-41/h13-16,18,20,26-30,34-35,37-39,41,48,50H,2,12,17,19,21-24H2,1,3-11H3/t26-,27+,28+,29-,30+,34-,35+,37+,38+,39+,41-,42+,43+/m0/s1. The number of esters is 1. The van der Waals surface area contributed by atoms with Gasteiger partial charge >= 0.3 is 5.97 Å². The van der Waals surface area contributed by atoms with Crippen molar-refractivity contribution in [3.8, 4) is 0 Å². The lowest BCUT2D eigenvalue weighted by atomic mass is 9.79. The molecular formula is C43H65N3O9. The third-order valence-corrected chi connectivity index (χ3v) is 12.2. The molecule has 2 N–H and O–H groups in total. The van der Waals surface area contributed by atoms with Gasteiger partial charge in [-0.25, -0.2) is 0 Å². The number of carbonyl (C=O) groups excluding carboxylic acids is 2. The van der Waals surface area contributed by atoms with Crippen molar-refractivity contribution in [2.24, 2.45) is 17.8 Å². The third-order valence-electron chi connectivity index (χ3n) is 12.2. The first kappa shape index (κ1) is 43.3. The number of fused-ring (bicyclic) bond motifs is 16. The molecule has 2 bridgehead atoms. The van der Waals surface area contributed by atoms with Crippen LogP contribution in [0.2, 0.25) is 0 Å². The summed E-state index contributed by atoms with van der Waals surface area (Å²) in [4.78, 5) is 37.4. The summed E-state index contributed by atoms with van der Waals surface area (Å²) in [5.74, 6) is -3.49. The van der Waals surface area contributed by atoms with Gasteiger partial charge in [-0.15, -0.1) is 0 Å². The first-order valence-corrected chi connectivity index (χ1v) is 20.0. The lowest BCUT2D eigenvalue weighted by Gasteiger charge is -2.48. The average Bonchev–Trinajstić information content (AvgIpc) is 3.13. The Morgan fingerprint density at radius 3 is 2.49 bits per heavy atom. The fourth-order valence-corrected chi connectivity index (χ4v) is 8.99. The molecule has 4 fully saturated rings. The molecule has 306 valence electrons. The van der Waals surface area contributed by atoms with Crippen LogP contribution in [0.4, 0.5) is 0 Å². The number of ether oxygens (including phenoxy) is 5. The summed E-state index contributed by atoms with van der Waals surface area (Å²) in [6.45, 7) is 20.2. The summed E-state index contributed by atoms with van der Waals surface area (Å²) in [6, 6.07) is 9.71. The Morgan fingerprint density at radius 1 is 1.09 bits per heavy atom. The van der Waals surface area contributed by atoms with Crippen LogP contribution < -0.4 is 0 Å². The van der Waals surface area contributed by atoms with Crippen LogP contribution in [0.15, 0.2) is 48.7 Å². The Hall–Kier alpha value is -2.81. The van der Waals surface area contributed by atoms with Crippen LogP contribution in [-0.4, -0.2) is 131 Å². The Bertz CT molecular complexity index is 1650. The van der Waals surface area contributed by atoms with Gasteiger partial charge in [0, 0.05) is 42.7 Å². The molecule has 0 spiro atoms. The molecule has 0 radical (unpaired) electrons. The third kappa shape index (κ3) is 9.67. The minimum absolute atomic E-state index is 0.0782. The molecule has 0 saturated carbocycles. The zero-order valence-electron chi connectivity index (χ0n) is 34.6. The smallest absolute Gasteiger partial charge is 0.316 e. The summed E-state index contributed by atoms with van der Waals surface area (Å²) < 4.78 is 32.6. The van der Waals surface area contributed by atoms with Crippen molar-refractivity contribution in [2.75, 3.05) is 33.9 Å². The van der Waals surface area contributed by atoms with Gasteiger partial charge in [-0.05, 0) is 97.2 Å². The molecule has 0 unspecified atom stereocenters. The van der Waals surface area contributed by atoms with Crippen LogP contribution in [0.5, 0.6) is 0 Å². The first-order chi connectivity index (χ1) is 25.9. The number of pyridine rings is 1. The maximum atomic E-state index is 14.5. The number of aliphatic hydroxyl groups excluding tert-OH is 1. The zero-order valence-corrected chi connectivity index (χ0v) is 34.6. The molecule has 0 aliphatic carbocycles. The number of likely N-dealkylation sites (N-methyl/N-ethyl adjacent to an activating group) is 1. The summed E-state index contributed by atoms with van der Waals surface area (Å²) in [6.07, 6.45) is -1.89. The van der Waals surface area contributed by atoms with E-state index >= 15 is 0 Å². The maximum absolute atomic E-state index is 14.5. The van der Waals surface area contributed by atoms with E-state index in [-0.39, 0.29) is 37.3 Å². The molecule has 0 amide bonds. The van der Waals surface area contributed by atoms with Crippen molar-refractivity contribution in [3.05, 3.63) is 54.2 Å². The molecular weight excluding hydrogens is 702 g/mol. The molecule has 4 aliphatic rings. The van der Waals surface area contributed by atoms with Crippen molar-refractivity contribution < 1.29 is 43.5 Å². The van der Waals surface area contributed by atoms with Crippen LogP contribution in [0.1, 0.15) is 80.2 Å². The minimum Gasteiger partial charge on any atom is -0.459 e. The van der Waals surface area contributed by atoms with E-state index in [1.54, 1.807) is 13.8 Å². The molecule has 4 saturated heterocycles. The highest BCUT2D eigenvalue weighted by atomic mass is 16.7. The quantitative estimate of drug-likeness (QED) is 0.234. The fourth-order valence-electron chi connectivity index (χ4n) is 8.99. The number of ketones is 1. The number of aromatic nitrogens is 1. The Labute approximate surface area is 327 Å². The molecule has 1 aromatic carbocycles. The van der Waals surface area contributed by atoms with E-state index in [1.807, 2.05) is 77.2 Å². The van der Waals surface area contributed by atoms with Crippen LogP contribution in [0, 0.1) is 17.8 Å². The van der Waals surface area contributed by atoms with Crippen LogP contribution in [0.3, 0.4) is 0 Å². The SMILES string of the molecule is C=C1CO[C@@H]2[C@@H](C)CN(Cc3cnc4ccccc4c3)[C@H](C)C[C@@](C)(OC1)[C@H](O[C@@H]1O[C@H](C)C[C@H](N(C)C)[C@H]1O)[C@@H](C)C(=O)[C@@H](C)C(=O)O[C@H](CC)[C@@]2(C)O. The number of hydrogen-bond acceptors (Lipinski definition) is 12. The number of hydrogen-bond donors (Lipinski definition) is 2. The van der Waals surface area contributed by atoms with E-state index < -0.39 is 65.5 Å². The van der Waals surface area contributed by atoms with E-state index in [9.17, 15) is 19.8 Å². The van der Waals surface area contributed by atoms with Crippen molar-refractivity contribution in [2.45, 2.75) is 141 Å². The minimum atomic E-state index is -1.63. The highest BCUT2D eigenvalue weighted by Crippen LogP contribution is 2.39. The normalized spacial score (nSPS) is 39.2. The van der Waals surface area contributed by atoms with E-state index in [4.69, 9.17) is 28.7 Å². The van der Waals surface area contributed by atoms with Gasteiger partial charge in [0.2, 0.25) is 0 Å². The molecule has 2 aromatic rings. The molecule has 55 heavy (non-hydrogen) atoms. The summed E-state index contributed by atoms with van der Waals surface area (Å²) in [5, 5.41) is 25.0. The van der Waals surface area contributed by atoms with E-state index in [0.29, 0.717) is 37.9 Å². The molecule has 12 nitrogen and oxygen atoms in total. The summed E-state index contributed by atoms with van der Waals surface area (Å²) in [7, 11) is 3.82. The van der Waals surface area contributed by atoms with Crippen LogP contribution in [0.25, 0.3) is 10.9 Å². The lowest BCUT2D eigenvalue weighted by molar-refractivity contribution is -0.297. The molecule has 12 heteroatoms. The van der Waals surface area contributed by atoms with Gasteiger partial charge in [0.05, 0.1) is 42.6 Å². The van der Waals surface area contributed by atoms with E-state index in [2.05, 4.69) is 24.5 Å². The Kier molecular flexibility index (Phi) is 14.0.